The first-order chi connectivity index (χ1) is 4.84. The number of ether oxygens (including phenoxy) is 1. The summed E-state index contributed by atoms with van der Waals surface area (Å²) in [4.78, 5) is 14.6. The largest absolute Gasteiger partial charge is 0.413 e. The van der Waals surface area contributed by atoms with Crippen LogP contribution in [0.4, 0.5) is 0 Å². The van der Waals surface area contributed by atoms with E-state index in [4.69, 9.17) is 0 Å². The van der Waals surface area contributed by atoms with Crippen molar-refractivity contribution in [1.82, 2.24) is 0 Å². The van der Waals surface area contributed by atoms with Gasteiger partial charge in [-0.05, 0) is 6.42 Å². The molecule has 1 aliphatic rings. The lowest BCUT2D eigenvalue weighted by Crippen LogP contribution is -2.13. The SMILES string of the molecule is CCCCC1N=COC1=O. The molecule has 1 heterocycles. The number of hydrogen-bond acceptors (Lipinski definition) is 3. The van der Waals surface area contributed by atoms with E-state index in [1.165, 1.54) is 6.40 Å². The van der Waals surface area contributed by atoms with Crippen LogP contribution in [-0.4, -0.2) is 18.4 Å². The maximum atomic E-state index is 10.7. The molecule has 0 saturated carbocycles. The van der Waals surface area contributed by atoms with Crippen LogP contribution in [0.2, 0.25) is 0 Å². The summed E-state index contributed by atoms with van der Waals surface area (Å²) in [6, 6.07) is -0.208. The summed E-state index contributed by atoms with van der Waals surface area (Å²) in [6.45, 7) is 2.09. The quantitative estimate of drug-likeness (QED) is 0.552. The van der Waals surface area contributed by atoms with Gasteiger partial charge in [-0.3, -0.25) is 0 Å². The number of unbranched alkanes of at least 4 members (excludes halogenated alkanes) is 1. The number of carbonyl (C=O) groups is 1. The number of cyclic esters (lactones) is 1. The van der Waals surface area contributed by atoms with Gasteiger partial charge in [0.15, 0.2) is 12.4 Å². The average molecular weight is 141 g/mol. The van der Waals surface area contributed by atoms with Gasteiger partial charge >= 0.3 is 5.97 Å². The lowest BCUT2D eigenvalue weighted by atomic mass is 10.1. The molecule has 3 nitrogen and oxygen atoms in total. The van der Waals surface area contributed by atoms with Gasteiger partial charge in [-0.1, -0.05) is 19.8 Å². The zero-order valence-electron chi connectivity index (χ0n) is 6.04. The van der Waals surface area contributed by atoms with Crippen LogP contribution in [-0.2, 0) is 9.53 Å². The van der Waals surface area contributed by atoms with Gasteiger partial charge in [0.1, 0.15) is 0 Å². The van der Waals surface area contributed by atoms with Gasteiger partial charge in [0.2, 0.25) is 0 Å². The van der Waals surface area contributed by atoms with Gasteiger partial charge in [0.05, 0.1) is 0 Å². The molecule has 1 aliphatic heterocycles. The Morgan fingerprint density at radius 3 is 3.10 bits per heavy atom. The van der Waals surface area contributed by atoms with E-state index in [2.05, 4.69) is 16.7 Å². The van der Waals surface area contributed by atoms with Crippen LogP contribution < -0.4 is 0 Å². The molecule has 0 aliphatic carbocycles. The Bertz CT molecular complexity index is 154. The van der Waals surface area contributed by atoms with Crippen LogP contribution in [0.15, 0.2) is 4.99 Å². The second kappa shape index (κ2) is 3.34. The monoisotopic (exact) mass is 141 g/mol. The molecule has 0 aromatic carbocycles. The molecule has 0 aromatic rings. The predicted molar refractivity (Wildman–Crippen MR) is 37.9 cm³/mol. The fourth-order valence-electron chi connectivity index (χ4n) is 0.885. The molecule has 0 radical (unpaired) electrons. The Morgan fingerprint density at radius 1 is 1.80 bits per heavy atom. The van der Waals surface area contributed by atoms with Crippen molar-refractivity contribution in [3.05, 3.63) is 0 Å². The minimum absolute atomic E-state index is 0.201. The number of aliphatic imine (C=N–C) groups is 1. The zero-order chi connectivity index (χ0) is 7.40. The normalized spacial score (nSPS) is 23.3. The third-order valence-corrected chi connectivity index (χ3v) is 1.51. The van der Waals surface area contributed by atoms with E-state index in [1.807, 2.05) is 0 Å². The Balaban J connectivity index is 2.27. The van der Waals surface area contributed by atoms with Crippen LogP contribution in [0.25, 0.3) is 0 Å². The third-order valence-electron chi connectivity index (χ3n) is 1.51. The predicted octanol–water partition coefficient (Wildman–Crippen LogP) is 1.13. The highest BCUT2D eigenvalue weighted by molar-refractivity contribution is 5.87. The van der Waals surface area contributed by atoms with Crippen LogP contribution in [0, 0.1) is 0 Å². The summed E-state index contributed by atoms with van der Waals surface area (Å²) in [5, 5.41) is 0. The molecule has 0 amide bonds. The zero-order valence-corrected chi connectivity index (χ0v) is 6.04. The van der Waals surface area contributed by atoms with Gasteiger partial charge in [0, 0.05) is 0 Å². The molecule has 56 valence electrons. The molecule has 0 aromatic heterocycles. The van der Waals surface area contributed by atoms with Crippen molar-refractivity contribution < 1.29 is 9.53 Å². The Kier molecular flexibility index (Phi) is 2.42. The van der Waals surface area contributed by atoms with E-state index in [0.717, 1.165) is 19.3 Å². The molecule has 1 unspecified atom stereocenters. The Morgan fingerprint density at radius 2 is 2.60 bits per heavy atom. The molecule has 0 N–H and O–H groups in total. The Hall–Kier alpha value is -0.860. The maximum Gasteiger partial charge on any atom is 0.337 e. The van der Waals surface area contributed by atoms with E-state index in [-0.39, 0.29) is 12.0 Å². The lowest BCUT2D eigenvalue weighted by molar-refractivity contribution is -0.134. The van der Waals surface area contributed by atoms with Gasteiger partial charge in [-0.15, -0.1) is 0 Å². The highest BCUT2D eigenvalue weighted by atomic mass is 16.5. The fourth-order valence-corrected chi connectivity index (χ4v) is 0.885. The molecule has 0 fully saturated rings. The van der Waals surface area contributed by atoms with Crippen molar-refractivity contribution in [3.8, 4) is 0 Å². The second-order valence-electron chi connectivity index (χ2n) is 2.35. The van der Waals surface area contributed by atoms with E-state index in [1.54, 1.807) is 0 Å². The molecular weight excluding hydrogens is 130 g/mol. The Labute approximate surface area is 60.1 Å². The molecular formula is C7H11NO2. The first-order valence-electron chi connectivity index (χ1n) is 3.56. The van der Waals surface area contributed by atoms with E-state index >= 15 is 0 Å². The van der Waals surface area contributed by atoms with E-state index < -0.39 is 0 Å². The number of hydrogen-bond donors (Lipinski definition) is 0. The van der Waals surface area contributed by atoms with Gasteiger partial charge in [-0.2, -0.15) is 0 Å². The first-order valence-corrected chi connectivity index (χ1v) is 3.56. The standard InChI is InChI=1S/C7H11NO2/c1-2-3-4-6-7(9)10-5-8-6/h5-6H,2-4H2,1H3. The van der Waals surface area contributed by atoms with Crippen LogP contribution in [0.3, 0.4) is 0 Å². The maximum absolute atomic E-state index is 10.7. The van der Waals surface area contributed by atoms with Crippen molar-refractivity contribution in [2.75, 3.05) is 0 Å². The van der Waals surface area contributed by atoms with Crippen LogP contribution in [0.5, 0.6) is 0 Å². The summed E-state index contributed by atoms with van der Waals surface area (Å²) in [7, 11) is 0. The molecule has 1 rings (SSSR count). The van der Waals surface area contributed by atoms with Crippen LogP contribution in [0.1, 0.15) is 26.2 Å². The smallest absolute Gasteiger partial charge is 0.337 e. The highest BCUT2D eigenvalue weighted by Crippen LogP contribution is 2.09. The summed E-state index contributed by atoms with van der Waals surface area (Å²) in [5.41, 5.74) is 0. The lowest BCUT2D eigenvalue weighted by Gasteiger charge is -1.99. The third kappa shape index (κ3) is 1.56. The second-order valence-corrected chi connectivity index (χ2v) is 2.35. The minimum Gasteiger partial charge on any atom is -0.413 e. The summed E-state index contributed by atoms with van der Waals surface area (Å²) in [5.74, 6) is -0.201. The molecule has 0 saturated heterocycles. The number of rotatable bonds is 3. The molecule has 10 heavy (non-hydrogen) atoms. The molecule has 0 bridgehead atoms. The van der Waals surface area contributed by atoms with E-state index in [9.17, 15) is 4.79 Å². The van der Waals surface area contributed by atoms with Crippen molar-refractivity contribution in [3.63, 3.8) is 0 Å². The molecule has 1 atom stereocenters. The van der Waals surface area contributed by atoms with Gasteiger partial charge in [-0.25, -0.2) is 9.79 Å². The van der Waals surface area contributed by atoms with Crippen molar-refractivity contribution in [2.45, 2.75) is 32.2 Å². The van der Waals surface area contributed by atoms with Crippen molar-refractivity contribution in [2.24, 2.45) is 4.99 Å². The van der Waals surface area contributed by atoms with Crippen LogP contribution >= 0.6 is 0 Å². The van der Waals surface area contributed by atoms with Gasteiger partial charge in [0.25, 0.3) is 0 Å². The van der Waals surface area contributed by atoms with Crippen molar-refractivity contribution >= 4 is 12.4 Å². The van der Waals surface area contributed by atoms with Gasteiger partial charge < -0.3 is 4.74 Å². The minimum atomic E-state index is -0.208. The summed E-state index contributed by atoms with van der Waals surface area (Å²) >= 11 is 0. The summed E-state index contributed by atoms with van der Waals surface area (Å²) < 4.78 is 4.53. The topological polar surface area (TPSA) is 38.7 Å². The van der Waals surface area contributed by atoms with Crippen molar-refractivity contribution in [1.29, 1.82) is 0 Å². The average Bonchev–Trinajstić information content (AvgIpc) is 2.31. The van der Waals surface area contributed by atoms with E-state index in [0.29, 0.717) is 0 Å². The number of nitrogens with zero attached hydrogens (tertiary/aromatic N) is 1. The molecule has 3 heteroatoms. The summed E-state index contributed by atoms with van der Waals surface area (Å²) in [6.07, 6.45) is 4.20. The molecule has 0 spiro atoms. The fraction of sp³-hybridized carbons (Fsp3) is 0.714. The number of esters is 1. The first kappa shape index (κ1) is 7.25. The number of carbonyl (C=O) groups excluding carboxylic acids is 1. The highest BCUT2D eigenvalue weighted by Gasteiger charge is 2.21.